The number of ether oxygens (including phenoxy) is 1. The van der Waals surface area contributed by atoms with E-state index in [0.29, 0.717) is 18.5 Å². The minimum absolute atomic E-state index is 0.123. The molecular formula is C41H45N4O6PSi. The number of benzene rings is 4. The zero-order valence-electron chi connectivity index (χ0n) is 30.4. The second kappa shape index (κ2) is 16.0. The molecule has 0 unspecified atom stereocenters. The number of carbonyl (C=O) groups is 1. The maximum atomic E-state index is 13.5. The predicted octanol–water partition coefficient (Wildman–Crippen LogP) is 6.68. The van der Waals surface area contributed by atoms with Gasteiger partial charge in [-0.25, -0.2) is 9.46 Å². The van der Waals surface area contributed by atoms with E-state index >= 15 is 0 Å². The van der Waals surface area contributed by atoms with Gasteiger partial charge >= 0.3 is 5.69 Å². The Labute approximate surface area is 312 Å². The van der Waals surface area contributed by atoms with E-state index in [4.69, 9.17) is 18.2 Å². The summed E-state index contributed by atoms with van der Waals surface area (Å²) in [4.78, 5) is 30.5. The molecule has 0 bridgehead atoms. The van der Waals surface area contributed by atoms with Crippen molar-refractivity contribution in [1.29, 1.82) is 0 Å². The molecule has 12 heteroatoms. The number of carbonyl (C=O) groups excluding carboxylic acids is 1. The molecule has 0 spiro atoms. The normalized spacial score (nSPS) is 22.2. The molecule has 2 fully saturated rings. The molecule has 2 saturated heterocycles. The molecule has 1 aromatic heterocycles. The van der Waals surface area contributed by atoms with E-state index < -0.39 is 41.0 Å². The monoisotopic (exact) mass is 748 g/mol. The number of nitrogens with zero attached hydrogens (tertiary/aromatic N) is 3. The second-order valence-corrected chi connectivity index (χ2v) is 20.3. The fraction of sp³-hybridized carbons (Fsp3) is 0.293. The third-order valence-corrected chi connectivity index (χ3v) is 16.4. The van der Waals surface area contributed by atoms with Crippen LogP contribution in [0.2, 0.25) is 5.04 Å². The van der Waals surface area contributed by atoms with Crippen molar-refractivity contribution in [2.45, 2.75) is 56.8 Å². The predicted molar refractivity (Wildman–Crippen MR) is 210 cm³/mol. The molecular weight excluding hydrogens is 704 g/mol. The number of anilines is 1. The summed E-state index contributed by atoms with van der Waals surface area (Å²) in [6.45, 7) is 7.64. The molecule has 7 rings (SSSR count). The molecule has 274 valence electrons. The summed E-state index contributed by atoms with van der Waals surface area (Å²) in [5, 5.41) is 4.80. The van der Waals surface area contributed by atoms with Gasteiger partial charge < -0.3 is 23.5 Å². The average molecular weight is 749 g/mol. The fourth-order valence-electron chi connectivity index (χ4n) is 7.16. The number of hydrogen-bond acceptors (Lipinski definition) is 8. The van der Waals surface area contributed by atoms with Crippen LogP contribution in [0.15, 0.2) is 138 Å². The third-order valence-electron chi connectivity index (χ3n) is 9.80. The van der Waals surface area contributed by atoms with Crippen LogP contribution in [0.25, 0.3) is 0 Å². The van der Waals surface area contributed by atoms with Crippen LogP contribution in [-0.4, -0.2) is 60.9 Å². The molecule has 3 heterocycles. The molecule has 0 aliphatic carbocycles. The highest BCUT2D eigenvalue weighted by Gasteiger charge is 2.52. The van der Waals surface area contributed by atoms with Crippen molar-refractivity contribution >= 4 is 38.9 Å². The Hall–Kier alpha value is -4.32. The summed E-state index contributed by atoms with van der Waals surface area (Å²) in [6, 6.07) is 41.5. The SMILES string of the molecule is CN1C[C@@H](c2ccccc2)O[P@@]1O[C@H]1C[C@H](n2ccc(NC(=O)c3ccccc3)nc2=O)O[C@@H]1CO[Si](c1ccccc1)(c1ccccc1)C(C)(C)C. The van der Waals surface area contributed by atoms with Crippen LogP contribution < -0.4 is 21.4 Å². The maximum Gasteiger partial charge on any atom is 0.351 e. The molecule has 4 aromatic carbocycles. The van der Waals surface area contributed by atoms with Crippen molar-refractivity contribution in [2.75, 3.05) is 25.5 Å². The highest BCUT2D eigenvalue weighted by Crippen LogP contribution is 2.55. The van der Waals surface area contributed by atoms with E-state index in [1.54, 1.807) is 36.5 Å². The maximum absolute atomic E-state index is 13.5. The minimum Gasteiger partial charge on any atom is -0.405 e. The Morgan fingerprint density at radius 2 is 1.47 bits per heavy atom. The van der Waals surface area contributed by atoms with Crippen LogP contribution >= 0.6 is 8.53 Å². The van der Waals surface area contributed by atoms with Gasteiger partial charge in [0, 0.05) is 24.7 Å². The molecule has 0 saturated carbocycles. The van der Waals surface area contributed by atoms with Crippen molar-refractivity contribution in [2.24, 2.45) is 0 Å². The Balaban J connectivity index is 1.17. The summed E-state index contributed by atoms with van der Waals surface area (Å²) in [6.07, 6.45) is 0.199. The van der Waals surface area contributed by atoms with Gasteiger partial charge in [-0.2, -0.15) is 4.98 Å². The number of aromatic nitrogens is 2. The van der Waals surface area contributed by atoms with E-state index in [9.17, 15) is 9.59 Å². The van der Waals surface area contributed by atoms with E-state index in [2.05, 4.69) is 96.4 Å². The Kier molecular flexibility index (Phi) is 11.1. The highest BCUT2D eigenvalue weighted by molar-refractivity contribution is 7.44. The molecule has 2 aliphatic heterocycles. The van der Waals surface area contributed by atoms with E-state index in [1.165, 1.54) is 4.57 Å². The number of amides is 1. The van der Waals surface area contributed by atoms with Gasteiger partial charge in [-0.1, -0.05) is 130 Å². The molecule has 1 N–H and O–H groups in total. The van der Waals surface area contributed by atoms with Gasteiger partial charge in [0.1, 0.15) is 24.3 Å². The smallest absolute Gasteiger partial charge is 0.351 e. The number of rotatable bonds is 11. The average Bonchev–Trinajstić information content (AvgIpc) is 3.75. The van der Waals surface area contributed by atoms with Crippen LogP contribution in [0.5, 0.6) is 0 Å². The summed E-state index contributed by atoms with van der Waals surface area (Å²) >= 11 is 0. The van der Waals surface area contributed by atoms with E-state index in [1.807, 2.05) is 43.4 Å². The largest absolute Gasteiger partial charge is 0.405 e. The summed E-state index contributed by atoms with van der Waals surface area (Å²) in [5.74, 6) is -0.188. The molecule has 10 nitrogen and oxygen atoms in total. The Morgan fingerprint density at radius 1 is 0.887 bits per heavy atom. The highest BCUT2D eigenvalue weighted by atomic mass is 31.2. The van der Waals surface area contributed by atoms with Gasteiger partial charge in [0.2, 0.25) is 0 Å². The summed E-state index contributed by atoms with van der Waals surface area (Å²) < 4.78 is 30.9. The lowest BCUT2D eigenvalue weighted by molar-refractivity contribution is -0.0395. The topological polar surface area (TPSA) is 104 Å². The first-order valence-corrected chi connectivity index (χ1v) is 20.9. The lowest BCUT2D eigenvalue weighted by atomic mass is 10.1. The minimum atomic E-state index is -2.92. The lowest BCUT2D eigenvalue weighted by Crippen LogP contribution is -2.67. The van der Waals surface area contributed by atoms with Crippen molar-refractivity contribution in [3.05, 3.63) is 155 Å². The van der Waals surface area contributed by atoms with Crippen molar-refractivity contribution in [3.8, 4) is 0 Å². The number of likely N-dealkylation sites (N-methyl/N-ethyl adjacent to an activating group) is 1. The fourth-order valence-corrected chi connectivity index (χ4v) is 13.2. The lowest BCUT2D eigenvalue weighted by Gasteiger charge is -2.43. The van der Waals surface area contributed by atoms with Crippen molar-refractivity contribution in [3.63, 3.8) is 0 Å². The standard InChI is InChI=1S/C41H45N4O6PSi/c1-41(2,3)53(32-21-13-7-14-22-32,33-23-15-8-16-24-33)48-29-36-34(50-52-44(4)28-35(51-52)30-17-9-5-10-18-30)27-38(49-36)45-26-25-37(43-40(45)47)42-39(46)31-19-11-6-12-20-31/h5-26,34-36,38H,27-29H2,1-4H3,(H,42,43,46,47)/t34-,35-,36+,38+,52+/m0/s1. The van der Waals surface area contributed by atoms with Crippen molar-refractivity contribution < 1.29 is 23.0 Å². The van der Waals surface area contributed by atoms with Gasteiger partial charge in [0.25, 0.3) is 22.8 Å². The van der Waals surface area contributed by atoms with Crippen LogP contribution in [0.1, 0.15) is 55.4 Å². The molecule has 2 aliphatic rings. The zero-order chi connectivity index (χ0) is 37.0. The van der Waals surface area contributed by atoms with Gasteiger partial charge in [0.15, 0.2) is 0 Å². The third kappa shape index (κ3) is 7.98. The van der Waals surface area contributed by atoms with Crippen LogP contribution in [0.4, 0.5) is 5.82 Å². The molecule has 1 amide bonds. The quantitative estimate of drug-likeness (QED) is 0.118. The molecule has 5 aromatic rings. The first-order valence-electron chi connectivity index (χ1n) is 17.9. The number of nitrogens with one attached hydrogen (secondary N) is 1. The first kappa shape index (κ1) is 37.0. The van der Waals surface area contributed by atoms with Crippen molar-refractivity contribution in [1.82, 2.24) is 14.2 Å². The number of hydrogen-bond donors (Lipinski definition) is 1. The Bertz CT molecular complexity index is 1990. The van der Waals surface area contributed by atoms with Crippen LogP contribution in [-0.2, 0) is 18.2 Å². The molecule has 5 atom stereocenters. The molecule has 53 heavy (non-hydrogen) atoms. The first-order chi connectivity index (χ1) is 25.6. The second-order valence-electron chi connectivity index (χ2n) is 14.4. The van der Waals surface area contributed by atoms with Gasteiger partial charge in [-0.15, -0.1) is 0 Å². The summed E-state index contributed by atoms with van der Waals surface area (Å²) in [7, 11) is -2.34. The van der Waals surface area contributed by atoms with E-state index in [-0.39, 0.29) is 29.5 Å². The van der Waals surface area contributed by atoms with E-state index in [0.717, 1.165) is 15.9 Å². The van der Waals surface area contributed by atoms with Gasteiger partial charge in [-0.3, -0.25) is 9.36 Å². The van der Waals surface area contributed by atoms with Crippen LogP contribution in [0.3, 0.4) is 0 Å². The molecule has 0 radical (unpaired) electrons. The summed E-state index contributed by atoms with van der Waals surface area (Å²) in [5.41, 5.74) is 1.02. The van der Waals surface area contributed by atoms with Gasteiger partial charge in [-0.05, 0) is 46.2 Å². The van der Waals surface area contributed by atoms with Gasteiger partial charge in [0.05, 0.1) is 12.7 Å². The van der Waals surface area contributed by atoms with Crippen LogP contribution in [0, 0.1) is 0 Å². The zero-order valence-corrected chi connectivity index (χ0v) is 32.3. The Morgan fingerprint density at radius 3 is 2.06 bits per heavy atom.